The molecule has 0 atom stereocenters. The minimum atomic E-state index is -2.94. The van der Waals surface area contributed by atoms with Gasteiger partial charge >= 0.3 is 6.61 Å². The topological polar surface area (TPSA) is 78.8 Å². The van der Waals surface area contributed by atoms with Crippen molar-refractivity contribution in [2.45, 2.75) is 31.4 Å². The highest BCUT2D eigenvalue weighted by atomic mass is 19.3. The highest BCUT2D eigenvalue weighted by Gasteiger charge is 2.33. The van der Waals surface area contributed by atoms with Crippen LogP contribution in [0.1, 0.15) is 24.6 Å². The minimum Gasteiger partial charge on any atom is -0.433 e. The Bertz CT molecular complexity index is 938. The average Bonchev–Trinajstić information content (AvgIpc) is 3.04. The van der Waals surface area contributed by atoms with E-state index in [1.54, 1.807) is 22.8 Å². The number of ether oxygens (including phenoxy) is 1. The molecule has 27 heavy (non-hydrogen) atoms. The van der Waals surface area contributed by atoms with Gasteiger partial charge in [0, 0.05) is 12.0 Å². The Balaban J connectivity index is 1.78. The Morgan fingerprint density at radius 2 is 1.89 bits per heavy atom. The molecular formula is C18H16F3N5O. The van der Waals surface area contributed by atoms with Crippen LogP contribution in [0, 0.1) is 5.82 Å². The molecule has 2 aromatic heterocycles. The monoisotopic (exact) mass is 375 g/mol. The summed E-state index contributed by atoms with van der Waals surface area (Å²) in [4.78, 5) is 4.12. The number of nitrogens with zero attached hydrogens (tertiary/aromatic N) is 4. The second-order valence-corrected chi connectivity index (χ2v) is 6.35. The third kappa shape index (κ3) is 3.37. The first-order valence-corrected chi connectivity index (χ1v) is 8.40. The van der Waals surface area contributed by atoms with Gasteiger partial charge in [-0.1, -0.05) is 12.1 Å². The SMILES string of the molecule is NC1CC(c2nnc(-c3ccc(OC(F)F)cn3)n2-c2ccccc2F)C1. The van der Waals surface area contributed by atoms with E-state index in [0.717, 1.165) is 12.8 Å². The van der Waals surface area contributed by atoms with Crippen LogP contribution in [-0.2, 0) is 0 Å². The third-order valence-corrected chi connectivity index (χ3v) is 4.51. The normalized spacial score (nSPS) is 19.1. The number of benzene rings is 1. The van der Waals surface area contributed by atoms with E-state index in [1.807, 2.05) is 0 Å². The molecule has 1 fully saturated rings. The fourth-order valence-electron chi connectivity index (χ4n) is 3.15. The van der Waals surface area contributed by atoms with Crippen molar-refractivity contribution in [3.05, 3.63) is 54.2 Å². The van der Waals surface area contributed by atoms with Gasteiger partial charge in [0.2, 0.25) is 0 Å². The zero-order valence-electron chi connectivity index (χ0n) is 14.1. The molecular weight excluding hydrogens is 359 g/mol. The van der Waals surface area contributed by atoms with E-state index in [-0.39, 0.29) is 17.7 Å². The van der Waals surface area contributed by atoms with Crippen LogP contribution < -0.4 is 10.5 Å². The van der Waals surface area contributed by atoms with Crippen molar-refractivity contribution in [1.82, 2.24) is 19.7 Å². The fraction of sp³-hybridized carbons (Fsp3) is 0.278. The summed E-state index contributed by atoms with van der Waals surface area (Å²) in [5.74, 6) is 0.491. The molecule has 6 nitrogen and oxygen atoms in total. The quantitative estimate of drug-likeness (QED) is 0.740. The van der Waals surface area contributed by atoms with Crippen LogP contribution in [0.2, 0.25) is 0 Å². The van der Waals surface area contributed by atoms with Crippen LogP contribution >= 0.6 is 0 Å². The molecule has 1 aliphatic carbocycles. The summed E-state index contributed by atoms with van der Waals surface area (Å²) in [6, 6.07) is 9.21. The molecule has 1 aliphatic rings. The maximum atomic E-state index is 14.5. The van der Waals surface area contributed by atoms with Crippen molar-refractivity contribution in [1.29, 1.82) is 0 Å². The van der Waals surface area contributed by atoms with Crippen LogP contribution in [0.25, 0.3) is 17.2 Å². The van der Waals surface area contributed by atoms with Gasteiger partial charge in [-0.3, -0.25) is 4.57 Å². The van der Waals surface area contributed by atoms with Gasteiger partial charge in [0.15, 0.2) is 5.82 Å². The van der Waals surface area contributed by atoms with Gasteiger partial charge in [-0.2, -0.15) is 8.78 Å². The van der Waals surface area contributed by atoms with Gasteiger partial charge in [-0.25, -0.2) is 9.37 Å². The van der Waals surface area contributed by atoms with Crippen LogP contribution in [0.15, 0.2) is 42.6 Å². The lowest BCUT2D eigenvalue weighted by atomic mass is 9.80. The molecule has 0 amide bonds. The second kappa shape index (κ2) is 6.99. The molecule has 2 heterocycles. The molecule has 0 radical (unpaired) electrons. The largest absolute Gasteiger partial charge is 0.433 e. The Kier molecular flexibility index (Phi) is 4.53. The summed E-state index contributed by atoms with van der Waals surface area (Å²) in [5, 5.41) is 8.41. The zero-order valence-corrected chi connectivity index (χ0v) is 14.1. The van der Waals surface area contributed by atoms with E-state index < -0.39 is 12.4 Å². The number of para-hydroxylation sites is 1. The molecule has 9 heteroatoms. The van der Waals surface area contributed by atoms with Crippen LogP contribution in [0.5, 0.6) is 5.75 Å². The molecule has 1 saturated carbocycles. The first kappa shape index (κ1) is 17.5. The number of pyridine rings is 1. The molecule has 0 saturated heterocycles. The average molecular weight is 375 g/mol. The number of aromatic nitrogens is 4. The van der Waals surface area contributed by atoms with Gasteiger partial charge in [0.05, 0.1) is 11.9 Å². The van der Waals surface area contributed by atoms with E-state index in [2.05, 4.69) is 19.9 Å². The maximum Gasteiger partial charge on any atom is 0.387 e. The van der Waals surface area contributed by atoms with Crippen LogP contribution in [0.4, 0.5) is 13.2 Å². The highest BCUT2D eigenvalue weighted by molar-refractivity contribution is 5.55. The van der Waals surface area contributed by atoms with Gasteiger partial charge < -0.3 is 10.5 Å². The van der Waals surface area contributed by atoms with Crippen molar-refractivity contribution in [2.75, 3.05) is 0 Å². The Labute approximate surface area is 152 Å². The number of alkyl halides is 2. The third-order valence-electron chi connectivity index (χ3n) is 4.51. The minimum absolute atomic E-state index is 0.0716. The summed E-state index contributed by atoms with van der Waals surface area (Å²) in [6.07, 6.45) is 2.64. The number of rotatable bonds is 5. The smallest absolute Gasteiger partial charge is 0.387 e. The van der Waals surface area contributed by atoms with E-state index in [9.17, 15) is 13.2 Å². The molecule has 140 valence electrons. The molecule has 2 N–H and O–H groups in total. The molecule has 4 rings (SSSR count). The summed E-state index contributed by atoms with van der Waals surface area (Å²) >= 11 is 0. The summed E-state index contributed by atoms with van der Waals surface area (Å²) in [6.45, 7) is -2.94. The van der Waals surface area contributed by atoms with Crippen molar-refractivity contribution in [3.63, 3.8) is 0 Å². The lowest BCUT2D eigenvalue weighted by molar-refractivity contribution is -0.0500. The van der Waals surface area contributed by atoms with Gasteiger partial charge in [0.1, 0.15) is 23.1 Å². The van der Waals surface area contributed by atoms with Gasteiger partial charge in [-0.15, -0.1) is 10.2 Å². The number of halogens is 3. The van der Waals surface area contributed by atoms with E-state index >= 15 is 0 Å². The molecule has 0 bridgehead atoms. The second-order valence-electron chi connectivity index (χ2n) is 6.35. The van der Waals surface area contributed by atoms with Crippen molar-refractivity contribution < 1.29 is 17.9 Å². The summed E-state index contributed by atoms with van der Waals surface area (Å²) < 4.78 is 45.0. The predicted molar refractivity (Wildman–Crippen MR) is 91.1 cm³/mol. The first-order valence-electron chi connectivity index (χ1n) is 8.40. The molecule has 0 aliphatic heterocycles. The summed E-state index contributed by atoms with van der Waals surface area (Å²) in [7, 11) is 0. The van der Waals surface area contributed by atoms with Gasteiger partial charge in [0.25, 0.3) is 0 Å². The molecule has 0 spiro atoms. The number of hydrogen-bond donors (Lipinski definition) is 1. The Hall–Kier alpha value is -2.94. The highest BCUT2D eigenvalue weighted by Crippen LogP contribution is 2.37. The fourth-order valence-corrected chi connectivity index (χ4v) is 3.15. The van der Waals surface area contributed by atoms with Crippen molar-refractivity contribution in [3.8, 4) is 23.0 Å². The van der Waals surface area contributed by atoms with Crippen molar-refractivity contribution in [2.24, 2.45) is 5.73 Å². The zero-order chi connectivity index (χ0) is 19.0. The van der Waals surface area contributed by atoms with Gasteiger partial charge in [-0.05, 0) is 37.1 Å². The Morgan fingerprint density at radius 1 is 1.11 bits per heavy atom. The number of hydrogen-bond acceptors (Lipinski definition) is 5. The molecule has 3 aromatic rings. The summed E-state index contributed by atoms with van der Waals surface area (Å²) in [5.41, 5.74) is 6.54. The molecule has 1 aromatic carbocycles. The standard InChI is InChI=1S/C18H16F3N5O/c19-13-3-1-2-4-15(13)26-16(10-7-11(22)8-10)24-25-17(26)14-6-5-12(9-23-14)27-18(20)21/h1-6,9-11,18H,7-8,22H2. The van der Waals surface area contributed by atoms with Crippen LogP contribution in [0.3, 0.4) is 0 Å². The lowest BCUT2D eigenvalue weighted by Crippen LogP contribution is -2.36. The van der Waals surface area contributed by atoms with Crippen molar-refractivity contribution >= 4 is 0 Å². The van der Waals surface area contributed by atoms with E-state index in [1.165, 1.54) is 24.4 Å². The lowest BCUT2D eigenvalue weighted by Gasteiger charge is -2.31. The first-order chi connectivity index (χ1) is 13.0. The molecule has 0 unspecified atom stereocenters. The maximum absolute atomic E-state index is 14.5. The Morgan fingerprint density at radius 3 is 2.52 bits per heavy atom. The predicted octanol–water partition coefficient (Wildman–Crippen LogP) is 3.27. The van der Waals surface area contributed by atoms with Crippen LogP contribution in [-0.4, -0.2) is 32.4 Å². The van der Waals surface area contributed by atoms with E-state index in [4.69, 9.17) is 5.73 Å². The van der Waals surface area contributed by atoms with E-state index in [0.29, 0.717) is 23.0 Å². The number of nitrogens with two attached hydrogens (primary N) is 1.